The maximum Gasteiger partial charge on any atom is 0.407 e. The first-order valence-electron chi connectivity index (χ1n) is 8.28. The Labute approximate surface area is 151 Å². The number of rotatable bonds is 8. The molecule has 0 aliphatic heterocycles. The first-order chi connectivity index (χ1) is 12.5. The third-order valence-electron chi connectivity index (χ3n) is 3.66. The molecule has 26 heavy (non-hydrogen) atoms. The monoisotopic (exact) mass is 358 g/mol. The third kappa shape index (κ3) is 5.47. The number of aryl methyl sites for hydroxylation is 1. The van der Waals surface area contributed by atoms with Gasteiger partial charge >= 0.3 is 12.1 Å². The summed E-state index contributed by atoms with van der Waals surface area (Å²) < 4.78 is 11.7. The topological polar surface area (TPSA) is 86.6 Å². The molecule has 1 N–H and O–H groups in total. The normalized spacial score (nSPS) is 10.2. The molecule has 2 aromatic rings. The highest BCUT2D eigenvalue weighted by Gasteiger charge is 2.19. The largest absolute Gasteiger partial charge is 0.461 e. The zero-order valence-corrected chi connectivity index (χ0v) is 14.9. The van der Waals surface area contributed by atoms with Crippen molar-refractivity contribution < 1.29 is 23.9 Å². The first kappa shape index (κ1) is 19.2. The summed E-state index contributed by atoms with van der Waals surface area (Å²) in [6.45, 7) is 1.93. The van der Waals surface area contributed by atoms with Gasteiger partial charge in [0.05, 0.1) is 13.2 Å². The molecule has 1 heterocycles. The van der Waals surface area contributed by atoms with Crippen LogP contribution in [0.4, 0.5) is 4.79 Å². The molecule has 0 aliphatic carbocycles. The quantitative estimate of drug-likeness (QED) is 0.732. The van der Waals surface area contributed by atoms with Gasteiger partial charge in [0.25, 0.3) is 0 Å². The molecule has 1 aromatic carbocycles. The summed E-state index contributed by atoms with van der Waals surface area (Å²) in [5.74, 6) is -0.712. The Morgan fingerprint density at radius 3 is 2.50 bits per heavy atom. The molecule has 0 aliphatic rings. The van der Waals surface area contributed by atoms with E-state index < -0.39 is 12.1 Å². The van der Waals surface area contributed by atoms with Gasteiger partial charge in [-0.25, -0.2) is 9.59 Å². The first-order valence-corrected chi connectivity index (χ1v) is 8.28. The number of carbonyl (C=O) groups is 3. The second-order valence-electron chi connectivity index (χ2n) is 5.65. The number of aromatic nitrogens is 1. The van der Waals surface area contributed by atoms with E-state index in [0.717, 1.165) is 5.56 Å². The fourth-order valence-electron chi connectivity index (χ4n) is 2.42. The van der Waals surface area contributed by atoms with Crippen molar-refractivity contribution in [3.05, 3.63) is 59.4 Å². The predicted molar refractivity (Wildman–Crippen MR) is 94.7 cm³/mol. The Kier molecular flexibility index (Phi) is 6.96. The van der Waals surface area contributed by atoms with E-state index in [2.05, 4.69) is 5.32 Å². The Balaban J connectivity index is 1.82. The average Bonchev–Trinajstić information content (AvgIpc) is 2.99. The van der Waals surface area contributed by atoms with Crippen LogP contribution in [0.2, 0.25) is 0 Å². The SMILES string of the molecule is CCOC(=O)c1c(CC(=O)CNC(=O)OCc2ccccc2)ccn1C. The number of nitrogens with one attached hydrogen (secondary N) is 1. The average molecular weight is 358 g/mol. The number of ether oxygens (including phenoxy) is 2. The maximum absolute atomic E-state index is 12.1. The Morgan fingerprint density at radius 1 is 1.08 bits per heavy atom. The minimum absolute atomic E-state index is 0.0218. The molecule has 2 rings (SSSR count). The van der Waals surface area contributed by atoms with E-state index in [4.69, 9.17) is 9.47 Å². The number of hydrogen-bond acceptors (Lipinski definition) is 5. The van der Waals surface area contributed by atoms with Crippen LogP contribution in [0.25, 0.3) is 0 Å². The smallest absolute Gasteiger partial charge is 0.407 e. The lowest BCUT2D eigenvalue weighted by Crippen LogP contribution is -2.31. The number of alkyl carbamates (subject to hydrolysis) is 1. The number of nitrogens with zero attached hydrogens (tertiary/aromatic N) is 1. The van der Waals surface area contributed by atoms with Crippen molar-refractivity contribution in [2.75, 3.05) is 13.2 Å². The van der Waals surface area contributed by atoms with Gasteiger partial charge in [-0.05, 0) is 24.1 Å². The van der Waals surface area contributed by atoms with Gasteiger partial charge in [0.2, 0.25) is 0 Å². The van der Waals surface area contributed by atoms with Crippen molar-refractivity contribution in [1.82, 2.24) is 9.88 Å². The van der Waals surface area contributed by atoms with Gasteiger partial charge in [0, 0.05) is 19.7 Å². The molecule has 0 atom stereocenters. The number of benzene rings is 1. The van der Waals surface area contributed by atoms with Gasteiger partial charge in [-0.3, -0.25) is 4.79 Å². The Bertz CT molecular complexity index is 767. The number of Topliss-reactive ketones (excluding diaryl/α,β-unsaturated/α-hetero) is 1. The fraction of sp³-hybridized carbons (Fsp3) is 0.316. The van der Waals surface area contributed by atoms with E-state index >= 15 is 0 Å². The van der Waals surface area contributed by atoms with Crippen molar-refractivity contribution in [1.29, 1.82) is 0 Å². The van der Waals surface area contributed by atoms with Crippen molar-refractivity contribution in [3.63, 3.8) is 0 Å². The molecule has 0 saturated heterocycles. The number of hydrogen-bond donors (Lipinski definition) is 1. The molecule has 0 spiro atoms. The molecular formula is C19H22N2O5. The van der Waals surface area contributed by atoms with Crippen LogP contribution in [0.15, 0.2) is 42.6 Å². The number of esters is 1. The van der Waals surface area contributed by atoms with Crippen LogP contribution < -0.4 is 5.32 Å². The molecular weight excluding hydrogens is 336 g/mol. The lowest BCUT2D eigenvalue weighted by molar-refractivity contribution is -0.117. The lowest BCUT2D eigenvalue weighted by Gasteiger charge is -2.08. The molecule has 0 saturated carbocycles. The number of carbonyl (C=O) groups excluding carboxylic acids is 3. The summed E-state index contributed by atoms with van der Waals surface area (Å²) in [4.78, 5) is 35.7. The van der Waals surface area contributed by atoms with Gasteiger partial charge in [-0.2, -0.15) is 0 Å². The van der Waals surface area contributed by atoms with Crippen LogP contribution in [0.5, 0.6) is 0 Å². The van der Waals surface area contributed by atoms with Gasteiger partial charge < -0.3 is 19.4 Å². The molecule has 0 radical (unpaired) electrons. The van der Waals surface area contributed by atoms with Crippen LogP contribution in [-0.4, -0.2) is 35.6 Å². The number of ketones is 1. The van der Waals surface area contributed by atoms with Gasteiger partial charge in [-0.15, -0.1) is 0 Å². The van der Waals surface area contributed by atoms with Crippen molar-refractivity contribution in [3.8, 4) is 0 Å². The molecule has 7 nitrogen and oxygen atoms in total. The van der Waals surface area contributed by atoms with E-state index in [-0.39, 0.29) is 32.0 Å². The summed E-state index contributed by atoms with van der Waals surface area (Å²) in [7, 11) is 1.71. The van der Waals surface area contributed by atoms with E-state index in [1.54, 1.807) is 30.8 Å². The van der Waals surface area contributed by atoms with E-state index in [1.165, 1.54) is 0 Å². The summed E-state index contributed by atoms with van der Waals surface area (Å²) >= 11 is 0. The second kappa shape index (κ2) is 9.41. The molecule has 1 amide bonds. The highest BCUT2D eigenvalue weighted by Crippen LogP contribution is 2.13. The third-order valence-corrected chi connectivity index (χ3v) is 3.66. The summed E-state index contributed by atoms with van der Waals surface area (Å²) in [6, 6.07) is 10.9. The summed E-state index contributed by atoms with van der Waals surface area (Å²) in [5.41, 5.74) is 1.76. The van der Waals surface area contributed by atoms with Crippen molar-refractivity contribution in [2.24, 2.45) is 7.05 Å². The van der Waals surface area contributed by atoms with Gasteiger partial charge in [0.15, 0.2) is 5.78 Å². The number of amides is 1. The molecule has 138 valence electrons. The van der Waals surface area contributed by atoms with Gasteiger partial charge in [-0.1, -0.05) is 30.3 Å². The summed E-state index contributed by atoms with van der Waals surface area (Å²) in [5, 5.41) is 2.42. The van der Waals surface area contributed by atoms with Crippen LogP contribution in [-0.2, 0) is 34.3 Å². The molecule has 0 fully saturated rings. The minimum Gasteiger partial charge on any atom is -0.461 e. The molecule has 7 heteroatoms. The molecule has 0 bridgehead atoms. The standard InChI is InChI=1S/C19H22N2O5/c1-3-25-18(23)17-15(9-10-21(17)2)11-16(22)12-20-19(24)26-13-14-7-5-4-6-8-14/h4-10H,3,11-13H2,1-2H3,(H,20,24). The predicted octanol–water partition coefficient (Wildman–Crippen LogP) is 2.24. The molecule has 0 unspecified atom stereocenters. The fourth-order valence-corrected chi connectivity index (χ4v) is 2.42. The zero-order chi connectivity index (χ0) is 18.9. The van der Waals surface area contributed by atoms with Crippen LogP contribution in [0.3, 0.4) is 0 Å². The zero-order valence-electron chi connectivity index (χ0n) is 14.9. The lowest BCUT2D eigenvalue weighted by atomic mass is 10.1. The van der Waals surface area contributed by atoms with Crippen molar-refractivity contribution >= 4 is 17.8 Å². The van der Waals surface area contributed by atoms with Crippen LogP contribution in [0, 0.1) is 0 Å². The van der Waals surface area contributed by atoms with Crippen molar-refractivity contribution in [2.45, 2.75) is 20.0 Å². The second-order valence-corrected chi connectivity index (χ2v) is 5.65. The molecule has 1 aromatic heterocycles. The highest BCUT2D eigenvalue weighted by atomic mass is 16.5. The van der Waals surface area contributed by atoms with E-state index in [9.17, 15) is 14.4 Å². The van der Waals surface area contributed by atoms with Crippen LogP contribution in [0.1, 0.15) is 28.5 Å². The minimum atomic E-state index is -0.666. The Hall–Kier alpha value is -3.09. The maximum atomic E-state index is 12.1. The van der Waals surface area contributed by atoms with E-state index in [0.29, 0.717) is 11.3 Å². The van der Waals surface area contributed by atoms with E-state index in [1.807, 2.05) is 30.3 Å². The highest BCUT2D eigenvalue weighted by molar-refractivity contribution is 5.93. The summed E-state index contributed by atoms with van der Waals surface area (Å²) in [6.07, 6.45) is 1.05. The van der Waals surface area contributed by atoms with Crippen LogP contribution >= 0.6 is 0 Å². The van der Waals surface area contributed by atoms with Gasteiger partial charge in [0.1, 0.15) is 12.3 Å². The Morgan fingerprint density at radius 2 is 1.81 bits per heavy atom.